The van der Waals surface area contributed by atoms with Crippen molar-refractivity contribution in [1.29, 1.82) is 0 Å². The number of methoxy groups -OCH3 is 1. The maximum absolute atomic E-state index is 12.2. The van der Waals surface area contributed by atoms with E-state index in [0.29, 0.717) is 0 Å². The quantitative estimate of drug-likeness (QED) is 0.356. The van der Waals surface area contributed by atoms with Gasteiger partial charge in [-0.3, -0.25) is 10.1 Å². The summed E-state index contributed by atoms with van der Waals surface area (Å²) >= 11 is 2.98. The maximum Gasteiger partial charge on any atom is 0.387 e. The number of rotatable bonds is 5. The normalized spacial score (nSPS) is 10.4. The summed E-state index contributed by atoms with van der Waals surface area (Å²) in [7, 11) is 1.10. The summed E-state index contributed by atoms with van der Waals surface area (Å²) in [5, 5.41) is 10.9. The Kier molecular flexibility index (Phi) is 5.16. The van der Waals surface area contributed by atoms with Crippen LogP contribution < -0.4 is 4.74 Å². The Morgan fingerprint density at radius 1 is 1.53 bits per heavy atom. The first kappa shape index (κ1) is 15.3. The first-order valence-electron chi connectivity index (χ1n) is 4.81. The van der Waals surface area contributed by atoms with Gasteiger partial charge in [0.05, 0.1) is 17.6 Å². The Hall–Kier alpha value is -1.77. The number of halogens is 3. The smallest absolute Gasteiger partial charge is 0.387 e. The van der Waals surface area contributed by atoms with Crippen molar-refractivity contribution < 1.29 is 28.0 Å². The molecule has 104 valence electrons. The van der Waals surface area contributed by atoms with Crippen LogP contribution in [0.25, 0.3) is 0 Å². The molecule has 0 heterocycles. The number of nitro benzene ring substituents is 1. The molecular weight excluding hydrogens is 332 g/mol. The summed E-state index contributed by atoms with van der Waals surface area (Å²) in [5.74, 6) is -1.49. The highest BCUT2D eigenvalue weighted by atomic mass is 79.9. The number of hydrogen-bond acceptors (Lipinski definition) is 5. The van der Waals surface area contributed by atoms with Gasteiger partial charge in [-0.15, -0.1) is 0 Å². The van der Waals surface area contributed by atoms with Gasteiger partial charge in [-0.1, -0.05) is 15.9 Å². The van der Waals surface area contributed by atoms with Crippen LogP contribution in [0.4, 0.5) is 14.5 Å². The molecule has 1 aromatic rings. The molecule has 0 unspecified atom stereocenters. The zero-order chi connectivity index (χ0) is 14.6. The fourth-order valence-corrected chi connectivity index (χ4v) is 1.82. The lowest BCUT2D eigenvalue weighted by atomic mass is 10.1. The van der Waals surface area contributed by atoms with E-state index >= 15 is 0 Å². The Labute approximate surface area is 114 Å². The van der Waals surface area contributed by atoms with E-state index in [1.54, 1.807) is 0 Å². The van der Waals surface area contributed by atoms with Crippen molar-refractivity contribution in [2.24, 2.45) is 0 Å². The van der Waals surface area contributed by atoms with Crippen LogP contribution in [0, 0.1) is 10.1 Å². The van der Waals surface area contributed by atoms with Crippen LogP contribution in [0.1, 0.15) is 15.9 Å². The molecule has 0 amide bonds. The molecule has 0 radical (unpaired) electrons. The number of benzene rings is 1. The van der Waals surface area contributed by atoms with Gasteiger partial charge in [0.15, 0.2) is 0 Å². The van der Waals surface area contributed by atoms with Crippen molar-refractivity contribution >= 4 is 27.6 Å². The molecule has 0 aliphatic rings. The average Bonchev–Trinajstić information content (AvgIpc) is 2.35. The van der Waals surface area contributed by atoms with Gasteiger partial charge in [0.2, 0.25) is 5.75 Å². The largest absolute Gasteiger partial charge is 0.465 e. The molecule has 0 aromatic heterocycles. The van der Waals surface area contributed by atoms with Gasteiger partial charge < -0.3 is 9.47 Å². The molecule has 0 fully saturated rings. The summed E-state index contributed by atoms with van der Waals surface area (Å²) < 4.78 is 33.0. The van der Waals surface area contributed by atoms with Crippen molar-refractivity contribution in [2.45, 2.75) is 11.9 Å². The van der Waals surface area contributed by atoms with Gasteiger partial charge in [0.1, 0.15) is 0 Å². The maximum atomic E-state index is 12.2. The highest BCUT2D eigenvalue weighted by Gasteiger charge is 2.26. The van der Waals surface area contributed by atoms with Crippen molar-refractivity contribution in [2.75, 3.05) is 7.11 Å². The summed E-state index contributed by atoms with van der Waals surface area (Å²) in [6.07, 6.45) is 0. The minimum Gasteiger partial charge on any atom is -0.465 e. The summed E-state index contributed by atoms with van der Waals surface area (Å²) in [6, 6.07) is 2.03. The predicted octanol–water partition coefficient (Wildman–Crippen LogP) is 2.88. The van der Waals surface area contributed by atoms with Gasteiger partial charge in [-0.2, -0.15) is 8.78 Å². The van der Waals surface area contributed by atoms with Crippen LogP contribution >= 0.6 is 15.9 Å². The van der Waals surface area contributed by atoms with Gasteiger partial charge in [0.25, 0.3) is 0 Å². The average molecular weight is 340 g/mol. The minimum atomic E-state index is -3.24. The van der Waals surface area contributed by atoms with Crippen LogP contribution in [0.5, 0.6) is 5.75 Å². The van der Waals surface area contributed by atoms with Crippen molar-refractivity contribution in [3.05, 3.63) is 33.4 Å². The number of alkyl halides is 3. The molecule has 0 saturated carbocycles. The van der Waals surface area contributed by atoms with E-state index in [1.165, 1.54) is 6.07 Å². The molecule has 9 heteroatoms. The number of ether oxygens (including phenoxy) is 2. The Bertz CT molecular complexity index is 509. The molecule has 0 aliphatic carbocycles. The van der Waals surface area contributed by atoms with Crippen LogP contribution in [0.15, 0.2) is 12.1 Å². The molecule has 1 rings (SSSR count). The molecule has 0 N–H and O–H groups in total. The van der Waals surface area contributed by atoms with E-state index in [9.17, 15) is 23.7 Å². The van der Waals surface area contributed by atoms with Crippen molar-refractivity contribution in [1.82, 2.24) is 0 Å². The van der Waals surface area contributed by atoms with Gasteiger partial charge >= 0.3 is 18.3 Å². The van der Waals surface area contributed by atoms with E-state index in [4.69, 9.17) is 0 Å². The van der Waals surface area contributed by atoms with E-state index in [0.717, 1.165) is 13.2 Å². The lowest BCUT2D eigenvalue weighted by Gasteiger charge is -2.10. The Balaban J connectivity index is 3.44. The summed E-state index contributed by atoms with van der Waals surface area (Å²) in [5.41, 5.74) is -0.702. The molecule has 6 nitrogen and oxygen atoms in total. The van der Waals surface area contributed by atoms with Crippen LogP contribution in [0.3, 0.4) is 0 Å². The third-order valence-electron chi connectivity index (χ3n) is 2.12. The number of carbonyl (C=O) groups excluding carboxylic acids is 1. The second-order valence-corrected chi connectivity index (χ2v) is 3.80. The second-order valence-electron chi connectivity index (χ2n) is 3.24. The minimum absolute atomic E-state index is 0.00620. The van der Waals surface area contributed by atoms with Crippen LogP contribution in [-0.2, 0) is 10.1 Å². The first-order valence-corrected chi connectivity index (χ1v) is 5.93. The Morgan fingerprint density at radius 2 is 2.16 bits per heavy atom. The molecule has 0 atom stereocenters. The lowest BCUT2D eigenvalue weighted by molar-refractivity contribution is -0.387. The molecule has 19 heavy (non-hydrogen) atoms. The highest BCUT2D eigenvalue weighted by molar-refractivity contribution is 9.08. The molecule has 0 bridgehead atoms. The lowest BCUT2D eigenvalue weighted by Crippen LogP contribution is -2.09. The molecule has 0 saturated heterocycles. The number of hydrogen-bond donors (Lipinski definition) is 0. The van der Waals surface area contributed by atoms with Crippen molar-refractivity contribution in [3.63, 3.8) is 0 Å². The molecule has 1 aromatic carbocycles. The van der Waals surface area contributed by atoms with Gasteiger partial charge in [-0.25, -0.2) is 4.79 Å². The van der Waals surface area contributed by atoms with Crippen LogP contribution in [0.2, 0.25) is 0 Å². The third-order valence-corrected chi connectivity index (χ3v) is 2.72. The fraction of sp³-hybridized carbons (Fsp3) is 0.300. The monoisotopic (exact) mass is 339 g/mol. The fourth-order valence-electron chi connectivity index (χ4n) is 1.40. The standard InChI is InChI=1S/C10H8BrF2NO5/c1-18-9(15)5-2-6(4-11)8(14(16)17)7(3-5)19-10(12)13/h2-3,10H,4H2,1H3. The Morgan fingerprint density at radius 3 is 2.58 bits per heavy atom. The number of esters is 1. The highest BCUT2D eigenvalue weighted by Crippen LogP contribution is 2.35. The topological polar surface area (TPSA) is 78.7 Å². The summed E-state index contributed by atoms with van der Waals surface area (Å²) in [6.45, 7) is -3.24. The number of nitrogens with zero attached hydrogens (tertiary/aromatic N) is 1. The van der Waals surface area contributed by atoms with E-state index in [2.05, 4.69) is 25.4 Å². The summed E-state index contributed by atoms with van der Waals surface area (Å²) in [4.78, 5) is 21.4. The molecular formula is C10H8BrF2NO5. The first-order chi connectivity index (χ1) is 8.90. The van der Waals surface area contributed by atoms with Gasteiger partial charge in [0, 0.05) is 17.0 Å². The third kappa shape index (κ3) is 3.60. The predicted molar refractivity (Wildman–Crippen MR) is 63.7 cm³/mol. The van der Waals surface area contributed by atoms with E-state index in [1.807, 2.05) is 0 Å². The van der Waals surface area contributed by atoms with Crippen molar-refractivity contribution in [3.8, 4) is 5.75 Å². The van der Waals surface area contributed by atoms with E-state index < -0.39 is 28.9 Å². The zero-order valence-corrected chi connectivity index (χ0v) is 11.1. The second kappa shape index (κ2) is 6.41. The zero-order valence-electron chi connectivity index (χ0n) is 9.56. The number of nitro groups is 1. The van der Waals surface area contributed by atoms with Gasteiger partial charge in [-0.05, 0) is 6.07 Å². The van der Waals surface area contributed by atoms with Crippen LogP contribution in [-0.4, -0.2) is 24.6 Å². The number of carbonyl (C=O) groups is 1. The molecule has 0 spiro atoms. The van der Waals surface area contributed by atoms with E-state index in [-0.39, 0.29) is 16.5 Å². The SMILES string of the molecule is COC(=O)c1cc(CBr)c([N+](=O)[O-])c(OC(F)F)c1. The molecule has 0 aliphatic heterocycles.